The van der Waals surface area contributed by atoms with E-state index in [1.807, 2.05) is 20.9 Å². The van der Waals surface area contributed by atoms with Crippen LogP contribution in [0.3, 0.4) is 0 Å². The summed E-state index contributed by atoms with van der Waals surface area (Å²) in [6, 6.07) is -0.853. The minimum Gasteiger partial charge on any atom is -0.480 e. The van der Waals surface area contributed by atoms with Gasteiger partial charge < -0.3 is 14.7 Å². The number of likely N-dealkylation sites (N-methyl/N-ethyl adjacent to an activating group) is 1. The zero-order valence-corrected chi connectivity index (χ0v) is 15.5. The molecule has 136 valence electrons. The Labute approximate surface area is 146 Å². The molecule has 1 N–H and O–H groups in total. The monoisotopic (exact) mass is 348 g/mol. The molecule has 0 fully saturated rings. The van der Waals surface area contributed by atoms with Crippen molar-refractivity contribution in [2.24, 2.45) is 7.05 Å². The van der Waals surface area contributed by atoms with E-state index in [4.69, 9.17) is 9.84 Å². The first-order valence-corrected chi connectivity index (χ1v) is 8.04. The summed E-state index contributed by atoms with van der Waals surface area (Å²) in [6.07, 6.45) is 0.694. The molecule has 0 bridgehead atoms. The summed E-state index contributed by atoms with van der Waals surface area (Å²) in [5.74, 6) is -0.731. The number of aliphatic carboxylic acids is 1. The fourth-order valence-corrected chi connectivity index (χ4v) is 2.90. The number of rotatable bonds is 6. The number of nitrogens with zero attached hydrogens (tertiary/aromatic N) is 4. The number of fused-ring (bicyclic) bond motifs is 1. The largest absolute Gasteiger partial charge is 0.480 e. The van der Waals surface area contributed by atoms with Gasteiger partial charge in [-0.3, -0.25) is 4.79 Å². The van der Waals surface area contributed by atoms with E-state index in [1.54, 1.807) is 11.8 Å². The minimum absolute atomic E-state index is 0.214. The Kier molecular flexibility index (Phi) is 5.30. The van der Waals surface area contributed by atoms with Crippen molar-refractivity contribution >= 4 is 22.9 Å². The second kappa shape index (κ2) is 7.08. The van der Waals surface area contributed by atoms with Gasteiger partial charge in [0.1, 0.15) is 6.04 Å². The van der Waals surface area contributed by atoms with Gasteiger partial charge in [-0.05, 0) is 38.3 Å². The smallest absolute Gasteiger partial charge is 0.326 e. The van der Waals surface area contributed by atoms with Crippen LogP contribution in [0, 0.1) is 13.8 Å². The van der Waals surface area contributed by atoms with Crippen molar-refractivity contribution in [1.29, 1.82) is 0 Å². The van der Waals surface area contributed by atoms with E-state index in [9.17, 15) is 9.59 Å². The third-order valence-corrected chi connectivity index (χ3v) is 4.64. The molecule has 0 saturated carbocycles. The molecule has 0 saturated heterocycles. The highest BCUT2D eigenvalue weighted by Gasteiger charge is 2.23. The average Bonchev–Trinajstić information content (AvgIpc) is 2.88. The quantitative estimate of drug-likeness (QED) is 0.849. The maximum absolute atomic E-state index is 12.3. The minimum atomic E-state index is -1.02. The summed E-state index contributed by atoms with van der Waals surface area (Å²) in [5.41, 5.74) is 3.51. The molecule has 1 amide bonds. The molecule has 1 unspecified atom stereocenters. The van der Waals surface area contributed by atoms with E-state index in [2.05, 4.69) is 10.1 Å². The number of hydrogen-bond donors (Lipinski definition) is 1. The lowest BCUT2D eigenvalue weighted by Crippen LogP contribution is -2.40. The topological polar surface area (TPSA) is 97.5 Å². The molecule has 0 spiro atoms. The number of carboxylic acid groups (broad SMARTS) is 1. The van der Waals surface area contributed by atoms with Gasteiger partial charge in [0, 0.05) is 26.2 Å². The van der Waals surface area contributed by atoms with Gasteiger partial charge in [0.25, 0.3) is 0 Å². The highest BCUT2D eigenvalue weighted by molar-refractivity contribution is 5.87. The average molecular weight is 348 g/mol. The van der Waals surface area contributed by atoms with Crippen molar-refractivity contribution in [3.8, 4) is 5.88 Å². The number of amides is 1. The van der Waals surface area contributed by atoms with Gasteiger partial charge in [0.05, 0.1) is 12.5 Å². The zero-order chi connectivity index (χ0) is 18.9. The molecule has 2 aromatic heterocycles. The van der Waals surface area contributed by atoms with Crippen LogP contribution in [0.15, 0.2) is 0 Å². The van der Waals surface area contributed by atoms with Gasteiger partial charge in [-0.1, -0.05) is 0 Å². The lowest BCUT2D eigenvalue weighted by molar-refractivity contribution is -0.148. The highest BCUT2D eigenvalue weighted by atomic mass is 16.5. The van der Waals surface area contributed by atoms with Crippen LogP contribution < -0.4 is 4.74 Å². The molecule has 0 aliphatic heterocycles. The second-order valence-electron chi connectivity index (χ2n) is 6.15. The van der Waals surface area contributed by atoms with Crippen LogP contribution in [0.4, 0.5) is 0 Å². The number of carboxylic acids is 1. The summed E-state index contributed by atoms with van der Waals surface area (Å²) in [4.78, 5) is 29.1. The zero-order valence-electron chi connectivity index (χ0n) is 15.5. The van der Waals surface area contributed by atoms with Gasteiger partial charge in [-0.15, -0.1) is 5.10 Å². The van der Waals surface area contributed by atoms with Crippen LogP contribution in [0.1, 0.15) is 30.2 Å². The first-order valence-electron chi connectivity index (χ1n) is 8.04. The Morgan fingerprint density at radius 3 is 2.56 bits per heavy atom. The Morgan fingerprint density at radius 1 is 1.36 bits per heavy atom. The number of methoxy groups -OCH3 is 1. The van der Waals surface area contributed by atoms with Gasteiger partial charge >= 0.3 is 5.97 Å². The van der Waals surface area contributed by atoms with Crippen LogP contribution in [-0.4, -0.2) is 56.8 Å². The van der Waals surface area contributed by atoms with Crippen LogP contribution in [-0.2, 0) is 23.1 Å². The summed E-state index contributed by atoms with van der Waals surface area (Å²) in [6.45, 7) is 5.35. The SMILES string of the molecule is COc1nn(C)c2nc(C)c(CCC(=O)N(C)C(C)C(=O)O)c(C)c12. The normalized spacial score (nSPS) is 12.2. The molecule has 8 nitrogen and oxygen atoms in total. The number of hydrogen-bond acceptors (Lipinski definition) is 5. The third-order valence-electron chi connectivity index (χ3n) is 4.64. The third kappa shape index (κ3) is 3.42. The molecule has 0 aliphatic carbocycles. The van der Waals surface area contributed by atoms with Crippen LogP contribution >= 0.6 is 0 Å². The Hall–Kier alpha value is -2.64. The predicted molar refractivity (Wildman–Crippen MR) is 92.7 cm³/mol. The standard InChI is InChI=1S/C17H24N4O4/c1-9-12(7-8-13(22)20(4)11(3)17(23)24)10(2)18-15-14(9)16(25-6)19-21(15)5/h11H,7-8H2,1-6H3,(H,23,24). The van der Waals surface area contributed by atoms with Crippen LogP contribution in [0.5, 0.6) is 5.88 Å². The summed E-state index contributed by atoms with van der Waals surface area (Å²) < 4.78 is 7.01. The predicted octanol–water partition coefficient (Wildman–Crippen LogP) is 1.46. The first-order chi connectivity index (χ1) is 11.7. The molecule has 8 heteroatoms. The van der Waals surface area contributed by atoms with E-state index >= 15 is 0 Å². The fourth-order valence-electron chi connectivity index (χ4n) is 2.90. The van der Waals surface area contributed by atoms with Gasteiger partial charge in [0.15, 0.2) is 5.65 Å². The molecule has 25 heavy (non-hydrogen) atoms. The second-order valence-corrected chi connectivity index (χ2v) is 6.15. The Balaban J connectivity index is 2.30. The molecule has 1 atom stereocenters. The lowest BCUT2D eigenvalue weighted by Gasteiger charge is -2.21. The number of aryl methyl sites for hydroxylation is 3. The maximum atomic E-state index is 12.3. The molecule has 2 rings (SSSR count). The molecular weight excluding hydrogens is 324 g/mol. The molecule has 2 aromatic rings. The number of pyridine rings is 1. The lowest BCUT2D eigenvalue weighted by atomic mass is 10.00. The molecule has 0 radical (unpaired) electrons. The molecule has 2 heterocycles. The summed E-state index contributed by atoms with van der Waals surface area (Å²) >= 11 is 0. The van der Waals surface area contributed by atoms with Crippen molar-refractivity contribution in [3.05, 3.63) is 16.8 Å². The summed E-state index contributed by atoms with van der Waals surface area (Å²) in [7, 11) is 4.88. The van der Waals surface area contributed by atoms with Crippen LogP contribution in [0.2, 0.25) is 0 Å². The van der Waals surface area contributed by atoms with Crippen molar-refractivity contribution in [3.63, 3.8) is 0 Å². The Morgan fingerprint density at radius 2 is 2.00 bits per heavy atom. The number of carbonyl (C=O) groups is 2. The van der Waals surface area contributed by atoms with E-state index in [0.29, 0.717) is 12.3 Å². The van der Waals surface area contributed by atoms with Gasteiger partial charge in [-0.2, -0.15) is 0 Å². The van der Waals surface area contributed by atoms with E-state index < -0.39 is 12.0 Å². The fraction of sp³-hybridized carbons (Fsp3) is 0.529. The number of carbonyl (C=O) groups excluding carboxylic acids is 1. The highest BCUT2D eigenvalue weighted by Crippen LogP contribution is 2.30. The van der Waals surface area contributed by atoms with E-state index in [-0.39, 0.29) is 12.3 Å². The van der Waals surface area contributed by atoms with Gasteiger partial charge in [0.2, 0.25) is 11.8 Å². The van der Waals surface area contributed by atoms with Crippen molar-refractivity contribution in [2.75, 3.05) is 14.2 Å². The van der Waals surface area contributed by atoms with Crippen molar-refractivity contribution < 1.29 is 19.4 Å². The first kappa shape index (κ1) is 18.7. The van der Waals surface area contributed by atoms with E-state index in [1.165, 1.54) is 18.9 Å². The molecule has 0 aliphatic rings. The van der Waals surface area contributed by atoms with E-state index in [0.717, 1.165) is 27.9 Å². The Bertz CT molecular complexity index is 828. The van der Waals surface area contributed by atoms with Gasteiger partial charge in [-0.25, -0.2) is 14.5 Å². The van der Waals surface area contributed by atoms with Crippen molar-refractivity contribution in [1.82, 2.24) is 19.7 Å². The van der Waals surface area contributed by atoms with Crippen molar-refractivity contribution in [2.45, 2.75) is 39.7 Å². The maximum Gasteiger partial charge on any atom is 0.326 e. The summed E-state index contributed by atoms with van der Waals surface area (Å²) in [5, 5.41) is 14.2. The molecule has 0 aromatic carbocycles. The molecular formula is C17H24N4O4. The number of ether oxygens (including phenoxy) is 1. The van der Waals surface area contributed by atoms with Crippen LogP contribution in [0.25, 0.3) is 11.0 Å². The number of aromatic nitrogens is 3.